The fourth-order valence-corrected chi connectivity index (χ4v) is 2.40. The zero-order chi connectivity index (χ0) is 16.5. The highest BCUT2D eigenvalue weighted by Crippen LogP contribution is 2.26. The maximum atomic E-state index is 5.90. The van der Waals surface area contributed by atoms with E-state index in [-0.39, 0.29) is 0 Å². The summed E-state index contributed by atoms with van der Waals surface area (Å²) in [5.41, 5.74) is 9.53. The average Bonchev–Trinajstić information content (AvgIpc) is 3.25. The molecule has 2 heterocycles. The number of nitrogen functional groups attached to an aromatic ring is 1. The second kappa shape index (κ2) is 5.82. The van der Waals surface area contributed by atoms with Gasteiger partial charge in [-0.3, -0.25) is 5.10 Å². The van der Waals surface area contributed by atoms with Crippen molar-refractivity contribution in [1.82, 2.24) is 20.4 Å². The molecule has 0 fully saturated rings. The Morgan fingerprint density at radius 2 is 1.54 bits per heavy atom. The summed E-state index contributed by atoms with van der Waals surface area (Å²) < 4.78 is 5.71. The summed E-state index contributed by atoms with van der Waals surface area (Å²) in [7, 11) is 0. The highest BCUT2D eigenvalue weighted by molar-refractivity contribution is 6.30. The Hall–Kier alpha value is -3.12. The minimum absolute atomic E-state index is 0.370. The van der Waals surface area contributed by atoms with Crippen molar-refractivity contribution in [3.63, 3.8) is 0 Å². The van der Waals surface area contributed by atoms with E-state index >= 15 is 0 Å². The van der Waals surface area contributed by atoms with E-state index in [0.29, 0.717) is 28.2 Å². The normalized spacial score (nSPS) is 10.9. The number of halogens is 1. The molecule has 0 aliphatic carbocycles. The molecule has 0 aliphatic heterocycles. The number of aromatic amines is 1. The molecular formula is C17H12ClN5O. The number of nitrogens with two attached hydrogens (primary N) is 1. The van der Waals surface area contributed by atoms with E-state index in [1.807, 2.05) is 42.5 Å². The van der Waals surface area contributed by atoms with Gasteiger partial charge in [0.2, 0.25) is 5.89 Å². The monoisotopic (exact) mass is 337 g/mol. The number of nitrogens with zero attached hydrogens (tertiary/aromatic N) is 3. The van der Waals surface area contributed by atoms with Crippen LogP contribution in [-0.2, 0) is 0 Å². The largest absolute Gasteiger partial charge is 0.415 e. The predicted octanol–water partition coefficient (Wildman–Crippen LogP) is 4.03. The second-order valence-corrected chi connectivity index (χ2v) is 5.64. The molecule has 2 aromatic carbocycles. The van der Waals surface area contributed by atoms with Gasteiger partial charge in [-0.2, -0.15) is 5.10 Å². The molecule has 4 aromatic rings. The number of nitrogens with one attached hydrogen (secondary N) is 1. The van der Waals surface area contributed by atoms with Gasteiger partial charge in [0.15, 0.2) is 0 Å². The molecule has 0 saturated carbocycles. The molecule has 0 aliphatic rings. The molecule has 2 aromatic heterocycles. The molecule has 0 spiro atoms. The molecule has 0 bridgehead atoms. The standard InChI is InChI=1S/C17H12ClN5O/c18-12-5-1-10(2-6-12)14-9-15(21-20-14)17-23-22-16(24-17)11-3-7-13(19)8-4-11/h1-9H,19H2,(H,20,21). The van der Waals surface area contributed by atoms with Crippen LogP contribution < -0.4 is 5.73 Å². The highest BCUT2D eigenvalue weighted by atomic mass is 35.5. The molecule has 0 radical (unpaired) electrons. The number of rotatable bonds is 3. The van der Waals surface area contributed by atoms with Gasteiger partial charge in [-0.25, -0.2) is 0 Å². The van der Waals surface area contributed by atoms with Crippen LogP contribution in [0.1, 0.15) is 0 Å². The van der Waals surface area contributed by atoms with E-state index in [9.17, 15) is 0 Å². The van der Waals surface area contributed by atoms with E-state index in [2.05, 4.69) is 20.4 Å². The first-order chi connectivity index (χ1) is 11.7. The zero-order valence-corrected chi connectivity index (χ0v) is 13.2. The molecule has 0 saturated heterocycles. The van der Waals surface area contributed by atoms with Crippen molar-refractivity contribution >= 4 is 17.3 Å². The maximum Gasteiger partial charge on any atom is 0.266 e. The van der Waals surface area contributed by atoms with Crippen molar-refractivity contribution in [1.29, 1.82) is 0 Å². The van der Waals surface area contributed by atoms with Crippen LogP contribution in [0.2, 0.25) is 5.02 Å². The van der Waals surface area contributed by atoms with E-state index in [0.717, 1.165) is 16.8 Å². The number of anilines is 1. The molecular weight excluding hydrogens is 326 g/mol. The van der Waals surface area contributed by atoms with Crippen LogP contribution in [0.25, 0.3) is 34.3 Å². The molecule has 3 N–H and O–H groups in total. The molecule has 118 valence electrons. The molecule has 0 unspecified atom stereocenters. The maximum absolute atomic E-state index is 5.90. The fourth-order valence-electron chi connectivity index (χ4n) is 2.27. The lowest BCUT2D eigenvalue weighted by atomic mass is 10.1. The van der Waals surface area contributed by atoms with Crippen LogP contribution in [0.3, 0.4) is 0 Å². The lowest BCUT2D eigenvalue weighted by Crippen LogP contribution is -1.83. The number of benzene rings is 2. The van der Waals surface area contributed by atoms with Crippen LogP contribution in [0, 0.1) is 0 Å². The van der Waals surface area contributed by atoms with Gasteiger partial charge in [-0.15, -0.1) is 10.2 Å². The van der Waals surface area contributed by atoms with Crippen molar-refractivity contribution in [3.8, 4) is 34.3 Å². The Balaban J connectivity index is 1.63. The van der Waals surface area contributed by atoms with E-state index in [1.165, 1.54) is 0 Å². The van der Waals surface area contributed by atoms with Crippen LogP contribution >= 0.6 is 11.6 Å². The zero-order valence-electron chi connectivity index (χ0n) is 12.4. The van der Waals surface area contributed by atoms with Gasteiger partial charge in [0, 0.05) is 21.8 Å². The molecule has 24 heavy (non-hydrogen) atoms. The number of hydrogen-bond acceptors (Lipinski definition) is 5. The Bertz CT molecular complexity index is 891. The Morgan fingerprint density at radius 3 is 2.29 bits per heavy atom. The molecule has 4 rings (SSSR count). The first kappa shape index (κ1) is 14.5. The minimum atomic E-state index is 0.370. The van der Waals surface area contributed by atoms with E-state index in [4.69, 9.17) is 21.8 Å². The first-order valence-corrected chi connectivity index (χ1v) is 7.58. The summed E-state index contributed by atoms with van der Waals surface area (Å²) in [4.78, 5) is 0. The van der Waals surface area contributed by atoms with Crippen molar-refractivity contribution in [2.45, 2.75) is 0 Å². The van der Waals surface area contributed by atoms with Crippen LogP contribution in [-0.4, -0.2) is 20.4 Å². The third-order valence-corrected chi connectivity index (χ3v) is 3.78. The Kier molecular flexibility index (Phi) is 3.51. The summed E-state index contributed by atoms with van der Waals surface area (Å²) in [6.45, 7) is 0. The van der Waals surface area contributed by atoms with Crippen molar-refractivity contribution in [2.24, 2.45) is 0 Å². The smallest absolute Gasteiger partial charge is 0.266 e. The number of hydrogen-bond donors (Lipinski definition) is 2. The second-order valence-electron chi connectivity index (χ2n) is 5.21. The van der Waals surface area contributed by atoms with Crippen LogP contribution in [0.4, 0.5) is 5.69 Å². The van der Waals surface area contributed by atoms with Gasteiger partial charge < -0.3 is 10.2 Å². The molecule has 0 atom stereocenters. The van der Waals surface area contributed by atoms with Gasteiger partial charge in [0.05, 0.1) is 5.69 Å². The van der Waals surface area contributed by atoms with Crippen LogP contribution in [0.15, 0.2) is 59.0 Å². The molecule has 6 nitrogen and oxygen atoms in total. The van der Waals surface area contributed by atoms with Gasteiger partial charge >= 0.3 is 0 Å². The SMILES string of the molecule is Nc1ccc(-c2nnc(-c3cc(-c4ccc(Cl)cc4)n[nH]3)o2)cc1. The van der Waals surface area contributed by atoms with E-state index in [1.54, 1.807) is 12.1 Å². The summed E-state index contributed by atoms with van der Waals surface area (Å²) in [6, 6.07) is 16.5. The summed E-state index contributed by atoms with van der Waals surface area (Å²) in [5.74, 6) is 0.794. The molecule has 7 heteroatoms. The van der Waals surface area contributed by atoms with Crippen molar-refractivity contribution < 1.29 is 4.42 Å². The third-order valence-electron chi connectivity index (χ3n) is 3.53. The van der Waals surface area contributed by atoms with Crippen molar-refractivity contribution in [2.75, 3.05) is 5.73 Å². The van der Waals surface area contributed by atoms with E-state index < -0.39 is 0 Å². The van der Waals surface area contributed by atoms with Gasteiger partial charge in [-0.1, -0.05) is 23.7 Å². The predicted molar refractivity (Wildman–Crippen MR) is 92.2 cm³/mol. The third kappa shape index (κ3) is 2.75. The average molecular weight is 338 g/mol. The fraction of sp³-hybridized carbons (Fsp3) is 0. The van der Waals surface area contributed by atoms with Gasteiger partial charge in [0.1, 0.15) is 5.69 Å². The Labute approximate surface area is 142 Å². The highest BCUT2D eigenvalue weighted by Gasteiger charge is 2.13. The Morgan fingerprint density at radius 1 is 0.875 bits per heavy atom. The quantitative estimate of drug-likeness (QED) is 0.550. The number of aromatic nitrogens is 4. The van der Waals surface area contributed by atoms with Crippen LogP contribution in [0.5, 0.6) is 0 Å². The van der Waals surface area contributed by atoms with Crippen molar-refractivity contribution in [3.05, 3.63) is 59.6 Å². The summed E-state index contributed by atoms with van der Waals surface area (Å²) in [5, 5.41) is 16.0. The van der Waals surface area contributed by atoms with Gasteiger partial charge in [-0.05, 0) is 42.5 Å². The topological polar surface area (TPSA) is 93.6 Å². The summed E-state index contributed by atoms with van der Waals surface area (Å²) >= 11 is 5.90. The molecule has 0 amide bonds. The number of H-pyrrole nitrogens is 1. The van der Waals surface area contributed by atoms with Gasteiger partial charge in [0.25, 0.3) is 5.89 Å². The lowest BCUT2D eigenvalue weighted by molar-refractivity contribution is 0.582. The minimum Gasteiger partial charge on any atom is -0.415 e. The lowest BCUT2D eigenvalue weighted by Gasteiger charge is -1.95. The first-order valence-electron chi connectivity index (χ1n) is 7.20. The summed E-state index contributed by atoms with van der Waals surface area (Å²) in [6.07, 6.45) is 0.